The van der Waals surface area contributed by atoms with Crippen molar-refractivity contribution >= 4 is 0 Å². The first-order valence-corrected chi connectivity index (χ1v) is 9.31. The molecular weight excluding hydrogens is 310 g/mol. The summed E-state index contributed by atoms with van der Waals surface area (Å²) in [4.78, 5) is 0. The second-order valence-electron chi connectivity index (χ2n) is 7.46. The molecular formula is C22H27NO2. The number of nitrogens with one attached hydrogen (secondary N) is 1. The van der Waals surface area contributed by atoms with E-state index >= 15 is 0 Å². The molecule has 4 rings (SSSR count). The van der Waals surface area contributed by atoms with Gasteiger partial charge in [-0.05, 0) is 79.5 Å². The van der Waals surface area contributed by atoms with Gasteiger partial charge < -0.3 is 14.8 Å². The molecule has 1 aliphatic carbocycles. The highest BCUT2D eigenvalue weighted by Gasteiger charge is 2.32. The van der Waals surface area contributed by atoms with E-state index in [9.17, 15) is 0 Å². The van der Waals surface area contributed by atoms with Crippen molar-refractivity contribution in [1.82, 2.24) is 5.32 Å². The Hall–Kier alpha value is -2.00. The van der Waals surface area contributed by atoms with Crippen LogP contribution in [0.5, 0.6) is 11.5 Å². The van der Waals surface area contributed by atoms with Gasteiger partial charge in [0.25, 0.3) is 0 Å². The number of benzene rings is 2. The summed E-state index contributed by atoms with van der Waals surface area (Å²) in [6.07, 6.45) is 2.61. The number of rotatable bonds is 5. The first kappa shape index (κ1) is 16.5. The van der Waals surface area contributed by atoms with E-state index in [1.807, 2.05) is 0 Å². The van der Waals surface area contributed by atoms with Gasteiger partial charge in [0.15, 0.2) is 11.5 Å². The lowest BCUT2D eigenvalue weighted by Crippen LogP contribution is -2.24. The highest BCUT2D eigenvalue weighted by molar-refractivity contribution is 5.45. The number of hydrogen-bond acceptors (Lipinski definition) is 3. The summed E-state index contributed by atoms with van der Waals surface area (Å²) in [6, 6.07) is 11.4. The maximum Gasteiger partial charge on any atom is 0.161 e. The van der Waals surface area contributed by atoms with Gasteiger partial charge in [0.1, 0.15) is 13.2 Å². The lowest BCUT2D eigenvalue weighted by molar-refractivity contribution is 0.171. The fourth-order valence-corrected chi connectivity index (χ4v) is 3.67. The summed E-state index contributed by atoms with van der Waals surface area (Å²) in [7, 11) is 0. The zero-order valence-corrected chi connectivity index (χ0v) is 15.4. The molecule has 1 unspecified atom stereocenters. The van der Waals surface area contributed by atoms with Crippen LogP contribution in [0.4, 0.5) is 0 Å². The molecule has 0 aromatic heterocycles. The van der Waals surface area contributed by atoms with Crippen molar-refractivity contribution in [3.8, 4) is 11.5 Å². The van der Waals surface area contributed by atoms with Gasteiger partial charge in [0.05, 0.1) is 0 Å². The first-order chi connectivity index (χ1) is 12.1. The van der Waals surface area contributed by atoms with Crippen molar-refractivity contribution in [3.63, 3.8) is 0 Å². The van der Waals surface area contributed by atoms with Crippen molar-refractivity contribution in [1.29, 1.82) is 0 Å². The van der Waals surface area contributed by atoms with Crippen molar-refractivity contribution in [2.75, 3.05) is 13.2 Å². The van der Waals surface area contributed by atoms with E-state index in [1.54, 1.807) is 0 Å². The summed E-state index contributed by atoms with van der Waals surface area (Å²) in [5.74, 6) is 2.49. The summed E-state index contributed by atoms with van der Waals surface area (Å²) >= 11 is 0. The van der Waals surface area contributed by atoms with Gasteiger partial charge in [0.2, 0.25) is 0 Å². The third-order valence-corrected chi connectivity index (χ3v) is 5.48. The first-order valence-electron chi connectivity index (χ1n) is 9.31. The topological polar surface area (TPSA) is 30.5 Å². The maximum atomic E-state index is 5.77. The van der Waals surface area contributed by atoms with Crippen LogP contribution in [0.25, 0.3) is 0 Å². The molecule has 0 spiro atoms. The number of fused-ring (bicyclic) bond motifs is 1. The van der Waals surface area contributed by atoms with Crippen LogP contribution < -0.4 is 14.8 Å². The van der Waals surface area contributed by atoms with Gasteiger partial charge >= 0.3 is 0 Å². The van der Waals surface area contributed by atoms with Gasteiger partial charge in [-0.2, -0.15) is 0 Å². The van der Waals surface area contributed by atoms with E-state index in [-0.39, 0.29) is 0 Å². The molecule has 0 amide bonds. The Bertz CT molecular complexity index is 780. The summed E-state index contributed by atoms with van der Waals surface area (Å²) in [6.45, 7) is 8.77. The number of aryl methyl sites for hydroxylation is 3. The molecule has 3 nitrogen and oxygen atoms in total. The average Bonchev–Trinajstić information content (AvgIpc) is 3.44. The summed E-state index contributed by atoms with van der Waals surface area (Å²) in [5, 5.41) is 3.81. The van der Waals surface area contributed by atoms with Gasteiger partial charge in [-0.15, -0.1) is 0 Å². The zero-order valence-electron chi connectivity index (χ0n) is 15.4. The molecule has 0 saturated heterocycles. The van der Waals surface area contributed by atoms with E-state index < -0.39 is 0 Å². The van der Waals surface area contributed by atoms with E-state index in [2.05, 4.69) is 56.4 Å². The third kappa shape index (κ3) is 3.52. The fourth-order valence-electron chi connectivity index (χ4n) is 3.67. The second kappa shape index (κ2) is 6.72. The molecule has 1 atom stereocenters. The lowest BCUT2D eigenvalue weighted by atomic mass is 9.98. The molecule has 2 aliphatic rings. The molecule has 1 heterocycles. The summed E-state index contributed by atoms with van der Waals surface area (Å²) in [5.41, 5.74) is 6.81. The van der Waals surface area contributed by atoms with Gasteiger partial charge in [-0.3, -0.25) is 0 Å². The Balaban J connectivity index is 1.53. The Kier molecular flexibility index (Phi) is 4.43. The summed E-state index contributed by atoms with van der Waals surface area (Å²) < 4.78 is 11.4. The Morgan fingerprint density at radius 3 is 2.40 bits per heavy atom. The monoisotopic (exact) mass is 337 g/mol. The smallest absolute Gasteiger partial charge is 0.161 e. The third-order valence-electron chi connectivity index (χ3n) is 5.48. The van der Waals surface area contributed by atoms with Crippen molar-refractivity contribution in [3.05, 3.63) is 58.1 Å². The van der Waals surface area contributed by atoms with E-state index in [0.717, 1.165) is 24.0 Å². The lowest BCUT2D eigenvalue weighted by Gasteiger charge is -2.23. The standard InChI is InChI=1S/C22H27NO2/c1-14-10-16(3)19(11-15(14)2)13-23-22(17-4-5-17)18-6-7-20-21(12-18)25-9-8-24-20/h6-7,10-12,17,22-23H,4-5,8-9,13H2,1-3H3. The largest absolute Gasteiger partial charge is 0.486 e. The van der Waals surface area contributed by atoms with Crippen LogP contribution in [0.2, 0.25) is 0 Å². The van der Waals surface area contributed by atoms with Crippen molar-refractivity contribution < 1.29 is 9.47 Å². The number of hydrogen-bond donors (Lipinski definition) is 1. The predicted octanol–water partition coefficient (Wildman–Crippen LogP) is 4.62. The molecule has 1 fully saturated rings. The van der Waals surface area contributed by atoms with Crippen LogP contribution in [-0.2, 0) is 6.54 Å². The van der Waals surface area contributed by atoms with E-state index in [1.165, 1.54) is 40.7 Å². The molecule has 2 aromatic carbocycles. The maximum absolute atomic E-state index is 5.77. The van der Waals surface area contributed by atoms with Crippen LogP contribution in [0.15, 0.2) is 30.3 Å². The molecule has 0 bridgehead atoms. The van der Waals surface area contributed by atoms with Crippen LogP contribution in [0, 0.1) is 26.7 Å². The van der Waals surface area contributed by atoms with Crippen LogP contribution >= 0.6 is 0 Å². The molecule has 25 heavy (non-hydrogen) atoms. The zero-order chi connectivity index (χ0) is 17.4. The van der Waals surface area contributed by atoms with Gasteiger partial charge in [0, 0.05) is 12.6 Å². The molecule has 1 aliphatic heterocycles. The molecule has 1 N–H and O–H groups in total. The minimum atomic E-state index is 0.386. The van der Waals surface area contributed by atoms with Crippen molar-refractivity contribution in [2.24, 2.45) is 5.92 Å². The molecule has 1 saturated carbocycles. The normalized spacial score (nSPS) is 17.4. The van der Waals surface area contributed by atoms with E-state index in [4.69, 9.17) is 9.47 Å². The van der Waals surface area contributed by atoms with Crippen molar-refractivity contribution in [2.45, 2.75) is 46.2 Å². The predicted molar refractivity (Wildman–Crippen MR) is 100 cm³/mol. The molecule has 3 heteroatoms. The van der Waals surface area contributed by atoms with E-state index in [0.29, 0.717) is 19.3 Å². The highest BCUT2D eigenvalue weighted by atomic mass is 16.6. The Labute approximate surface area is 150 Å². The highest BCUT2D eigenvalue weighted by Crippen LogP contribution is 2.43. The SMILES string of the molecule is Cc1cc(C)c(CNC(c2ccc3c(c2)OCCO3)C2CC2)cc1C. The molecule has 0 radical (unpaired) electrons. The molecule has 132 valence electrons. The Morgan fingerprint density at radius 2 is 1.64 bits per heavy atom. The molecule has 2 aromatic rings. The fraction of sp³-hybridized carbons (Fsp3) is 0.455. The average molecular weight is 337 g/mol. The van der Waals surface area contributed by atoms with Crippen LogP contribution in [-0.4, -0.2) is 13.2 Å². The minimum Gasteiger partial charge on any atom is -0.486 e. The quantitative estimate of drug-likeness (QED) is 0.863. The Morgan fingerprint density at radius 1 is 0.920 bits per heavy atom. The minimum absolute atomic E-state index is 0.386. The second-order valence-corrected chi connectivity index (χ2v) is 7.46. The van der Waals surface area contributed by atoms with Crippen LogP contribution in [0.3, 0.4) is 0 Å². The van der Waals surface area contributed by atoms with Gasteiger partial charge in [-0.1, -0.05) is 18.2 Å². The van der Waals surface area contributed by atoms with Crippen LogP contribution in [0.1, 0.15) is 46.7 Å². The van der Waals surface area contributed by atoms with Gasteiger partial charge in [-0.25, -0.2) is 0 Å². The number of ether oxygens (including phenoxy) is 2.